The van der Waals surface area contributed by atoms with Crippen LogP contribution in [0.1, 0.15) is 69.6 Å². The Labute approximate surface area is 195 Å². The molecule has 0 spiro atoms. The van der Waals surface area contributed by atoms with Crippen molar-refractivity contribution in [2.45, 2.75) is 72.5 Å². The lowest BCUT2D eigenvalue weighted by Gasteiger charge is -2.08. The van der Waals surface area contributed by atoms with Crippen LogP contribution < -0.4 is 5.32 Å². The molecule has 0 unspecified atom stereocenters. The molecule has 0 atom stereocenters. The molecule has 0 radical (unpaired) electrons. The van der Waals surface area contributed by atoms with Crippen LogP contribution in [0.15, 0.2) is 66.5 Å². The average Bonchev–Trinajstić information content (AvgIpc) is 2.80. The fourth-order valence-electron chi connectivity index (χ4n) is 2.95. The van der Waals surface area contributed by atoms with Gasteiger partial charge in [-0.15, -0.1) is 0 Å². The minimum absolute atomic E-state index is 0.168. The first kappa shape index (κ1) is 28.1. The molecule has 1 N–H and O–H groups in total. The minimum Gasteiger partial charge on any atom is -0.352 e. The van der Waals surface area contributed by atoms with Crippen LogP contribution >= 0.6 is 0 Å². The van der Waals surface area contributed by atoms with Crippen molar-refractivity contribution in [2.24, 2.45) is 0 Å². The number of alkyl halides is 3. The fraction of sp³-hybridized carbons (Fsp3) is 0.407. The van der Waals surface area contributed by atoms with Gasteiger partial charge in [0, 0.05) is 25.4 Å². The van der Waals surface area contributed by atoms with E-state index in [-0.39, 0.29) is 5.91 Å². The molecule has 0 aliphatic heterocycles. The van der Waals surface area contributed by atoms with E-state index < -0.39 is 11.7 Å². The summed E-state index contributed by atoms with van der Waals surface area (Å²) < 4.78 is 37.4. The molecule has 2 aromatic rings. The van der Waals surface area contributed by atoms with Crippen molar-refractivity contribution in [3.63, 3.8) is 0 Å². The maximum atomic E-state index is 12.5. The molecule has 3 nitrogen and oxygen atoms in total. The maximum absolute atomic E-state index is 12.5. The highest BCUT2D eigenvalue weighted by Crippen LogP contribution is 2.29. The number of hydrogen-bond donors (Lipinski definition) is 1. The summed E-state index contributed by atoms with van der Waals surface area (Å²) in [6.45, 7) is 7.89. The third-order valence-corrected chi connectivity index (χ3v) is 4.99. The van der Waals surface area contributed by atoms with Crippen molar-refractivity contribution in [3.05, 3.63) is 83.2 Å². The highest BCUT2D eigenvalue weighted by Gasteiger charge is 2.31. The number of nitrogens with one attached hydrogen (secondary N) is 1. The van der Waals surface area contributed by atoms with E-state index in [2.05, 4.69) is 48.4 Å². The molecule has 6 heteroatoms. The van der Waals surface area contributed by atoms with Crippen LogP contribution in [0.25, 0.3) is 5.57 Å². The van der Waals surface area contributed by atoms with Crippen LogP contribution in [0.4, 0.5) is 13.2 Å². The van der Waals surface area contributed by atoms with Gasteiger partial charge in [-0.3, -0.25) is 9.78 Å². The molecule has 0 aliphatic carbocycles. The Morgan fingerprint density at radius 3 is 2.33 bits per heavy atom. The summed E-state index contributed by atoms with van der Waals surface area (Å²) in [5, 5.41) is 2.96. The number of rotatable bonds is 9. The number of carbonyl (C=O) groups excluding carboxylic acids is 1. The van der Waals surface area contributed by atoms with E-state index in [1.807, 2.05) is 0 Å². The summed E-state index contributed by atoms with van der Waals surface area (Å²) in [4.78, 5) is 15.4. The Kier molecular flexibility index (Phi) is 12.8. The van der Waals surface area contributed by atoms with Crippen LogP contribution in [0, 0.1) is 6.92 Å². The smallest absolute Gasteiger partial charge is 0.352 e. The Bertz CT molecular complexity index is 886. The first-order chi connectivity index (χ1) is 15.7. The van der Waals surface area contributed by atoms with Crippen LogP contribution in [0.2, 0.25) is 0 Å². The molecule has 1 heterocycles. The van der Waals surface area contributed by atoms with E-state index in [1.165, 1.54) is 31.5 Å². The Balaban J connectivity index is 0.000000331. The number of unbranched alkanes of at least 4 members (excludes halogenated alkanes) is 3. The fourth-order valence-corrected chi connectivity index (χ4v) is 2.95. The number of nitrogens with zero attached hydrogens (tertiary/aromatic N) is 1. The zero-order chi connectivity index (χ0) is 24.7. The van der Waals surface area contributed by atoms with E-state index in [0.29, 0.717) is 24.1 Å². The molecular formula is C27H35F3N2O. The van der Waals surface area contributed by atoms with Gasteiger partial charge in [0.15, 0.2) is 0 Å². The number of benzene rings is 1. The molecule has 2 rings (SSSR count). The Hall–Kier alpha value is -2.89. The monoisotopic (exact) mass is 460 g/mol. The molecule has 0 bridgehead atoms. The second-order valence-corrected chi connectivity index (χ2v) is 7.88. The van der Waals surface area contributed by atoms with Gasteiger partial charge in [0.25, 0.3) is 0 Å². The Morgan fingerprint density at radius 2 is 1.79 bits per heavy atom. The quantitative estimate of drug-likeness (QED) is 0.310. The predicted octanol–water partition coefficient (Wildman–Crippen LogP) is 7.58. The third-order valence-electron chi connectivity index (χ3n) is 4.99. The SMILES string of the molecule is C/C=C(\C=C(/C)c1cccnc1)C(F)(F)F.CCCCCCC(=O)NCc1ccc(C)cc1. The highest BCUT2D eigenvalue weighted by molar-refractivity contribution is 5.75. The zero-order valence-electron chi connectivity index (χ0n) is 20.0. The van der Waals surface area contributed by atoms with Gasteiger partial charge in [-0.25, -0.2) is 0 Å². The molecule has 180 valence electrons. The highest BCUT2D eigenvalue weighted by atomic mass is 19.4. The van der Waals surface area contributed by atoms with E-state index in [0.717, 1.165) is 30.6 Å². The van der Waals surface area contributed by atoms with Crippen molar-refractivity contribution >= 4 is 11.5 Å². The predicted molar refractivity (Wildman–Crippen MR) is 129 cm³/mol. The van der Waals surface area contributed by atoms with Crippen LogP contribution in [0.3, 0.4) is 0 Å². The van der Waals surface area contributed by atoms with Gasteiger partial charge < -0.3 is 5.32 Å². The number of amides is 1. The van der Waals surface area contributed by atoms with Crippen molar-refractivity contribution in [1.29, 1.82) is 0 Å². The summed E-state index contributed by atoms with van der Waals surface area (Å²) in [7, 11) is 0. The van der Waals surface area contributed by atoms with Crippen molar-refractivity contribution < 1.29 is 18.0 Å². The lowest BCUT2D eigenvalue weighted by molar-refractivity contribution is -0.121. The average molecular weight is 461 g/mol. The molecule has 0 fully saturated rings. The summed E-state index contributed by atoms with van der Waals surface area (Å²) in [5.74, 6) is 0.168. The van der Waals surface area contributed by atoms with E-state index in [4.69, 9.17) is 0 Å². The number of pyridine rings is 1. The molecule has 0 aliphatic rings. The molecule has 1 aromatic heterocycles. The number of aryl methyl sites for hydroxylation is 1. The number of aromatic nitrogens is 1. The van der Waals surface area contributed by atoms with Gasteiger partial charge in [0.2, 0.25) is 5.91 Å². The van der Waals surface area contributed by atoms with Gasteiger partial charge in [-0.1, -0.05) is 68.2 Å². The summed E-state index contributed by atoms with van der Waals surface area (Å²) in [5.41, 5.74) is 3.00. The summed E-state index contributed by atoms with van der Waals surface area (Å²) in [6, 6.07) is 11.7. The first-order valence-electron chi connectivity index (χ1n) is 11.3. The molecule has 0 saturated carbocycles. The van der Waals surface area contributed by atoms with Gasteiger partial charge in [0.1, 0.15) is 0 Å². The van der Waals surface area contributed by atoms with E-state index >= 15 is 0 Å². The number of hydrogen-bond acceptors (Lipinski definition) is 2. The summed E-state index contributed by atoms with van der Waals surface area (Å²) in [6.07, 6.45) is 6.26. The van der Waals surface area contributed by atoms with Gasteiger partial charge >= 0.3 is 6.18 Å². The molecule has 1 aromatic carbocycles. The lowest BCUT2D eigenvalue weighted by Crippen LogP contribution is -2.22. The first-order valence-corrected chi connectivity index (χ1v) is 11.3. The van der Waals surface area contributed by atoms with Gasteiger partial charge in [0.05, 0.1) is 5.57 Å². The van der Waals surface area contributed by atoms with Crippen molar-refractivity contribution in [3.8, 4) is 0 Å². The Morgan fingerprint density at radius 1 is 1.09 bits per heavy atom. The molecule has 0 saturated heterocycles. The minimum atomic E-state index is -4.31. The second kappa shape index (κ2) is 15.0. The van der Waals surface area contributed by atoms with E-state index in [9.17, 15) is 18.0 Å². The number of carbonyl (C=O) groups is 1. The maximum Gasteiger partial charge on any atom is 0.416 e. The lowest BCUT2D eigenvalue weighted by atomic mass is 10.1. The number of halogens is 3. The molecule has 33 heavy (non-hydrogen) atoms. The standard InChI is InChI=1S/C15H23NO.C12H12F3N/c1-3-4-5-6-7-15(17)16-12-14-10-8-13(2)9-11-14;1-3-11(12(13,14)15)7-9(2)10-5-4-6-16-8-10/h8-11H,3-7,12H2,1-2H3,(H,16,17);3-8H,1-2H3/b;9-7+,11-3+. The van der Waals surface area contributed by atoms with Crippen LogP contribution in [-0.2, 0) is 11.3 Å². The topological polar surface area (TPSA) is 42.0 Å². The number of allylic oxidation sites excluding steroid dienone is 4. The largest absolute Gasteiger partial charge is 0.416 e. The van der Waals surface area contributed by atoms with E-state index in [1.54, 1.807) is 25.3 Å². The molecule has 1 amide bonds. The van der Waals surface area contributed by atoms with Crippen LogP contribution in [-0.4, -0.2) is 17.1 Å². The van der Waals surface area contributed by atoms with Crippen LogP contribution in [0.5, 0.6) is 0 Å². The van der Waals surface area contributed by atoms with Crippen molar-refractivity contribution in [1.82, 2.24) is 10.3 Å². The third kappa shape index (κ3) is 12.1. The van der Waals surface area contributed by atoms with Gasteiger partial charge in [-0.2, -0.15) is 13.2 Å². The molecular weight excluding hydrogens is 425 g/mol. The van der Waals surface area contributed by atoms with Crippen molar-refractivity contribution in [2.75, 3.05) is 0 Å². The second-order valence-electron chi connectivity index (χ2n) is 7.88. The normalized spacial score (nSPS) is 12.1. The van der Waals surface area contributed by atoms with Gasteiger partial charge in [-0.05, 0) is 56.0 Å². The zero-order valence-corrected chi connectivity index (χ0v) is 20.0. The summed E-state index contributed by atoms with van der Waals surface area (Å²) >= 11 is 0.